The summed E-state index contributed by atoms with van der Waals surface area (Å²) in [7, 11) is 1.47. The molecule has 0 aliphatic carbocycles. The summed E-state index contributed by atoms with van der Waals surface area (Å²) in [4.78, 5) is 31.4. The molecule has 0 spiro atoms. The number of thioether (sulfide) groups is 1. The van der Waals surface area contributed by atoms with E-state index in [0.29, 0.717) is 38.8 Å². The number of aryl methyl sites for hydroxylation is 1. The highest BCUT2D eigenvalue weighted by molar-refractivity contribution is 9.10. The van der Waals surface area contributed by atoms with E-state index in [9.17, 15) is 9.59 Å². The number of amidine groups is 1. The molecular formula is C28H25BrN2O5S. The Morgan fingerprint density at radius 3 is 2.54 bits per heavy atom. The molecule has 1 aliphatic heterocycles. The normalized spacial score (nSPS) is 15.4. The van der Waals surface area contributed by atoms with E-state index in [1.165, 1.54) is 18.9 Å². The molecule has 1 heterocycles. The lowest BCUT2D eigenvalue weighted by atomic mass is 10.1. The van der Waals surface area contributed by atoms with E-state index in [1.54, 1.807) is 23.1 Å². The zero-order chi connectivity index (χ0) is 26.4. The van der Waals surface area contributed by atoms with Crippen LogP contribution in [0.2, 0.25) is 0 Å². The van der Waals surface area contributed by atoms with E-state index in [4.69, 9.17) is 19.6 Å². The number of hydrogen-bond acceptors (Lipinski definition) is 6. The number of nitrogens with zero attached hydrogens (tertiary/aromatic N) is 2. The summed E-state index contributed by atoms with van der Waals surface area (Å²) in [6.45, 7) is 2.01. The summed E-state index contributed by atoms with van der Waals surface area (Å²) in [6.07, 6.45) is 2.47. The fourth-order valence-corrected chi connectivity index (χ4v) is 5.25. The maximum absolute atomic E-state index is 13.5. The van der Waals surface area contributed by atoms with Crippen LogP contribution in [0.1, 0.15) is 16.7 Å². The number of carbonyl (C=O) groups is 2. The average molecular weight is 581 g/mol. The summed E-state index contributed by atoms with van der Waals surface area (Å²) in [5.41, 5.74) is 3.74. The number of aliphatic imine (C=N–C) groups is 1. The molecular weight excluding hydrogens is 556 g/mol. The molecule has 0 radical (unpaired) electrons. The largest absolute Gasteiger partial charge is 0.493 e. The maximum atomic E-state index is 13.5. The monoisotopic (exact) mass is 580 g/mol. The number of aliphatic carboxylic acids is 1. The third-order valence-corrected chi connectivity index (χ3v) is 7.10. The van der Waals surface area contributed by atoms with Crippen molar-refractivity contribution in [2.24, 2.45) is 4.99 Å². The van der Waals surface area contributed by atoms with Crippen LogP contribution >= 0.6 is 27.7 Å². The van der Waals surface area contributed by atoms with Crippen LogP contribution in [0.3, 0.4) is 0 Å². The number of halogens is 1. The number of carbonyl (C=O) groups excluding carboxylic acids is 1. The molecule has 0 saturated carbocycles. The summed E-state index contributed by atoms with van der Waals surface area (Å²) in [6, 6.07) is 21.3. The molecule has 3 aromatic carbocycles. The lowest BCUT2D eigenvalue weighted by Crippen LogP contribution is -2.31. The van der Waals surface area contributed by atoms with Crippen molar-refractivity contribution in [1.29, 1.82) is 0 Å². The van der Waals surface area contributed by atoms with E-state index in [-0.39, 0.29) is 11.7 Å². The fourth-order valence-electron chi connectivity index (χ4n) is 3.65. The van der Waals surface area contributed by atoms with Crippen LogP contribution in [-0.4, -0.2) is 47.3 Å². The lowest BCUT2D eigenvalue weighted by Gasteiger charge is -2.15. The second kappa shape index (κ2) is 12.1. The van der Waals surface area contributed by atoms with Crippen molar-refractivity contribution < 1.29 is 24.2 Å². The number of amides is 1. The first-order chi connectivity index (χ1) is 17.8. The number of carboxylic acid groups (broad SMARTS) is 1. The van der Waals surface area contributed by atoms with Crippen LogP contribution in [0.5, 0.6) is 11.5 Å². The fraction of sp³-hybridized carbons (Fsp3) is 0.179. The minimum absolute atomic E-state index is 0.131. The number of carboxylic acids is 1. The van der Waals surface area contributed by atoms with Gasteiger partial charge in [0.2, 0.25) is 0 Å². The smallest absolute Gasteiger partial charge is 0.341 e. The summed E-state index contributed by atoms with van der Waals surface area (Å²) < 4.78 is 11.3. The molecule has 1 aliphatic rings. The molecule has 1 fully saturated rings. The first-order valence-corrected chi connectivity index (χ1v) is 13.1. The lowest BCUT2D eigenvalue weighted by molar-refractivity contribution is -0.139. The Morgan fingerprint density at radius 2 is 1.86 bits per heavy atom. The van der Waals surface area contributed by atoms with Crippen molar-refractivity contribution in [3.8, 4) is 11.5 Å². The van der Waals surface area contributed by atoms with Gasteiger partial charge in [-0.2, -0.15) is 0 Å². The Hall–Kier alpha value is -3.56. The Kier molecular flexibility index (Phi) is 8.68. The predicted octanol–water partition coefficient (Wildman–Crippen LogP) is 6.08. The molecule has 9 heteroatoms. The zero-order valence-electron chi connectivity index (χ0n) is 20.3. The van der Waals surface area contributed by atoms with E-state index in [1.807, 2.05) is 61.5 Å². The molecule has 7 nitrogen and oxygen atoms in total. The van der Waals surface area contributed by atoms with Gasteiger partial charge in [-0.25, -0.2) is 9.79 Å². The molecule has 190 valence electrons. The molecule has 0 aromatic heterocycles. The maximum Gasteiger partial charge on any atom is 0.341 e. The van der Waals surface area contributed by atoms with E-state index >= 15 is 0 Å². The number of benzene rings is 3. The summed E-state index contributed by atoms with van der Waals surface area (Å²) in [5.74, 6) is -0.590. The van der Waals surface area contributed by atoms with Crippen molar-refractivity contribution >= 4 is 56.5 Å². The molecule has 0 bridgehead atoms. The number of ether oxygens (including phenoxy) is 2. The van der Waals surface area contributed by atoms with Gasteiger partial charge in [-0.3, -0.25) is 9.69 Å². The van der Waals surface area contributed by atoms with Crippen LogP contribution in [-0.2, 0) is 16.0 Å². The van der Waals surface area contributed by atoms with Gasteiger partial charge in [0.05, 0.1) is 22.2 Å². The molecule has 37 heavy (non-hydrogen) atoms. The number of rotatable bonds is 9. The molecule has 1 amide bonds. The van der Waals surface area contributed by atoms with Crippen LogP contribution in [0, 0.1) is 6.92 Å². The van der Waals surface area contributed by atoms with E-state index < -0.39 is 12.6 Å². The quantitative estimate of drug-likeness (QED) is 0.309. The van der Waals surface area contributed by atoms with Crippen LogP contribution in [0.25, 0.3) is 6.08 Å². The molecule has 4 rings (SSSR count). The summed E-state index contributed by atoms with van der Waals surface area (Å²) in [5, 5.41) is 9.56. The Balaban J connectivity index is 1.65. The number of hydrogen-bond donors (Lipinski definition) is 1. The van der Waals surface area contributed by atoms with Crippen LogP contribution in [0.4, 0.5) is 5.69 Å². The third-order valence-electron chi connectivity index (χ3n) is 5.50. The first-order valence-electron chi connectivity index (χ1n) is 11.5. The van der Waals surface area contributed by atoms with Gasteiger partial charge in [0.25, 0.3) is 5.91 Å². The van der Waals surface area contributed by atoms with Gasteiger partial charge in [0, 0.05) is 6.54 Å². The first kappa shape index (κ1) is 26.5. The van der Waals surface area contributed by atoms with Gasteiger partial charge >= 0.3 is 5.97 Å². The number of methoxy groups -OCH3 is 1. The topological polar surface area (TPSA) is 88.4 Å². The molecule has 1 N–H and O–H groups in total. The van der Waals surface area contributed by atoms with Gasteiger partial charge in [0.15, 0.2) is 23.3 Å². The van der Waals surface area contributed by atoms with Crippen molar-refractivity contribution in [2.75, 3.05) is 20.3 Å². The van der Waals surface area contributed by atoms with Crippen molar-refractivity contribution in [2.45, 2.75) is 13.3 Å². The Bertz CT molecular complexity index is 1360. The van der Waals surface area contributed by atoms with Crippen LogP contribution in [0.15, 0.2) is 81.1 Å². The minimum Gasteiger partial charge on any atom is -0.493 e. The standard InChI is InChI=1S/C28H25BrN2O5S/c1-18-8-10-21(11-9-18)30-28-31(13-12-19-6-4-3-5-7-19)27(34)24(37-28)16-20-14-22(29)26(23(15-20)35-2)36-17-25(32)33/h3-11,14-16H,12-13,17H2,1-2H3,(H,32,33)/b24-16+,30-28?. The third kappa shape index (κ3) is 6.81. The zero-order valence-corrected chi connectivity index (χ0v) is 22.7. The van der Waals surface area contributed by atoms with Gasteiger partial charge in [0.1, 0.15) is 0 Å². The van der Waals surface area contributed by atoms with Gasteiger partial charge in [-0.05, 0) is 82.5 Å². The molecule has 1 saturated heterocycles. The van der Waals surface area contributed by atoms with Gasteiger partial charge in [-0.1, -0.05) is 48.0 Å². The SMILES string of the molecule is COc1cc(/C=C2/SC(=Nc3ccc(C)cc3)N(CCc3ccccc3)C2=O)cc(Br)c1OCC(=O)O. The summed E-state index contributed by atoms with van der Waals surface area (Å²) >= 11 is 4.74. The highest BCUT2D eigenvalue weighted by atomic mass is 79.9. The van der Waals surface area contributed by atoms with Crippen LogP contribution < -0.4 is 9.47 Å². The Morgan fingerprint density at radius 1 is 1.14 bits per heavy atom. The van der Waals surface area contributed by atoms with Gasteiger partial charge in [-0.15, -0.1) is 0 Å². The molecule has 3 aromatic rings. The average Bonchev–Trinajstić information content (AvgIpc) is 3.17. The van der Waals surface area contributed by atoms with E-state index in [2.05, 4.69) is 15.9 Å². The predicted molar refractivity (Wildman–Crippen MR) is 150 cm³/mol. The van der Waals surface area contributed by atoms with Gasteiger partial charge < -0.3 is 14.6 Å². The van der Waals surface area contributed by atoms with Crippen molar-refractivity contribution in [3.63, 3.8) is 0 Å². The molecule has 0 unspecified atom stereocenters. The van der Waals surface area contributed by atoms with Crippen molar-refractivity contribution in [3.05, 3.63) is 92.8 Å². The second-order valence-corrected chi connectivity index (χ2v) is 10.1. The van der Waals surface area contributed by atoms with E-state index in [0.717, 1.165) is 16.8 Å². The Labute approximate surface area is 227 Å². The second-order valence-electron chi connectivity index (χ2n) is 8.25. The highest BCUT2D eigenvalue weighted by Gasteiger charge is 2.33. The molecule has 0 atom stereocenters. The highest BCUT2D eigenvalue weighted by Crippen LogP contribution is 2.39. The minimum atomic E-state index is -1.09. The van der Waals surface area contributed by atoms with Crippen molar-refractivity contribution in [1.82, 2.24) is 4.90 Å².